The van der Waals surface area contributed by atoms with Crippen molar-refractivity contribution < 1.29 is 19.1 Å². The summed E-state index contributed by atoms with van der Waals surface area (Å²) < 4.78 is 13.3. The third kappa shape index (κ3) is 6.70. The minimum atomic E-state index is -1.09. The number of hydrogen-bond acceptors (Lipinski definition) is 4. The number of aromatic nitrogens is 1. The Morgan fingerprint density at radius 3 is 2.29 bits per heavy atom. The summed E-state index contributed by atoms with van der Waals surface area (Å²) >= 11 is 0. The highest BCUT2D eigenvalue weighted by molar-refractivity contribution is 5.99. The fourth-order valence-corrected chi connectivity index (χ4v) is 5.21. The number of rotatable bonds is 9. The molecule has 0 unspecified atom stereocenters. The van der Waals surface area contributed by atoms with Crippen LogP contribution in [0.2, 0.25) is 0 Å². The monoisotopic (exact) mass is 568 g/mol. The first-order valence-electron chi connectivity index (χ1n) is 14.7. The van der Waals surface area contributed by atoms with E-state index in [0.29, 0.717) is 24.3 Å². The molecule has 6 heteroatoms. The topological polar surface area (TPSA) is 69.6 Å². The number of fused-ring (bicyclic) bond motifs is 1. The maximum Gasteiger partial charge on any atom is 0.349 e. The Balaban J connectivity index is 1.53. The van der Waals surface area contributed by atoms with Gasteiger partial charge in [-0.3, -0.25) is 4.79 Å². The Kier molecular flexibility index (Phi) is 8.86. The largest absolute Gasteiger partial charge is 0.476 e. The van der Waals surface area contributed by atoms with Gasteiger partial charge in [-0.05, 0) is 93.0 Å². The summed E-state index contributed by atoms with van der Waals surface area (Å²) in [5.74, 6) is 0.122. The van der Waals surface area contributed by atoms with E-state index in [1.807, 2.05) is 50.4 Å². The first-order valence-corrected chi connectivity index (χ1v) is 14.7. The molecular weight excluding hydrogens is 524 g/mol. The van der Waals surface area contributed by atoms with Crippen molar-refractivity contribution in [3.8, 4) is 5.75 Å². The second kappa shape index (κ2) is 12.0. The Labute approximate surface area is 250 Å². The fraction of sp³-hybridized carbons (Fsp3) is 0.389. The normalized spacial score (nSPS) is 12.7. The first-order chi connectivity index (χ1) is 19.7. The maximum atomic E-state index is 13.3. The summed E-state index contributed by atoms with van der Waals surface area (Å²) in [6.45, 7) is 16.2. The third-order valence-corrected chi connectivity index (χ3v) is 7.93. The van der Waals surface area contributed by atoms with Crippen molar-refractivity contribution in [2.45, 2.75) is 78.9 Å². The predicted molar refractivity (Wildman–Crippen MR) is 169 cm³/mol. The second-order valence-electron chi connectivity index (χ2n) is 12.6. The lowest BCUT2D eigenvalue weighted by Gasteiger charge is -2.24. The minimum Gasteiger partial charge on any atom is -0.476 e. The van der Waals surface area contributed by atoms with Crippen LogP contribution in [0.4, 0.5) is 0 Å². The van der Waals surface area contributed by atoms with Crippen LogP contribution >= 0.6 is 0 Å². The van der Waals surface area contributed by atoms with Crippen molar-refractivity contribution in [3.05, 3.63) is 100 Å². The number of amides is 1. The van der Waals surface area contributed by atoms with E-state index in [1.165, 1.54) is 11.1 Å². The molecule has 1 N–H and O–H groups in total. The third-order valence-electron chi connectivity index (χ3n) is 7.93. The summed E-state index contributed by atoms with van der Waals surface area (Å²) in [5.41, 5.74) is 6.37. The van der Waals surface area contributed by atoms with Crippen molar-refractivity contribution >= 4 is 22.8 Å². The van der Waals surface area contributed by atoms with Gasteiger partial charge in [-0.25, -0.2) is 4.79 Å². The molecule has 0 aliphatic rings. The summed E-state index contributed by atoms with van der Waals surface area (Å²) in [7, 11) is 2.03. The van der Waals surface area contributed by atoms with E-state index in [1.54, 1.807) is 20.8 Å². The number of benzene rings is 3. The molecule has 3 aromatic carbocycles. The Morgan fingerprint density at radius 1 is 0.952 bits per heavy atom. The molecule has 0 aliphatic heterocycles. The molecule has 1 amide bonds. The van der Waals surface area contributed by atoms with Gasteiger partial charge in [0.15, 0.2) is 5.60 Å². The molecule has 0 radical (unpaired) electrons. The molecule has 1 heterocycles. The van der Waals surface area contributed by atoms with Crippen LogP contribution in [0.1, 0.15) is 92.8 Å². The number of carbonyl (C=O) groups is 2. The number of nitrogens with zero attached hydrogens (tertiary/aromatic N) is 1. The lowest BCUT2D eigenvalue weighted by atomic mass is 9.86. The van der Waals surface area contributed by atoms with Crippen LogP contribution in [0.3, 0.4) is 0 Å². The quantitative estimate of drug-likeness (QED) is 0.211. The number of aryl methyl sites for hydroxylation is 1. The van der Waals surface area contributed by atoms with Gasteiger partial charge in [-0.15, -0.1) is 0 Å². The molecule has 6 nitrogen and oxygen atoms in total. The van der Waals surface area contributed by atoms with Gasteiger partial charge in [0.2, 0.25) is 0 Å². The summed E-state index contributed by atoms with van der Waals surface area (Å²) in [5, 5.41) is 4.27. The summed E-state index contributed by atoms with van der Waals surface area (Å²) in [6.07, 6.45) is 0.688. The minimum absolute atomic E-state index is 0.0874. The molecule has 0 spiro atoms. The average Bonchev–Trinajstić information content (AvgIpc) is 3.17. The van der Waals surface area contributed by atoms with Gasteiger partial charge in [0.1, 0.15) is 5.75 Å². The van der Waals surface area contributed by atoms with Crippen LogP contribution in [0, 0.1) is 6.92 Å². The van der Waals surface area contributed by atoms with Gasteiger partial charge in [0.05, 0.1) is 12.6 Å². The molecule has 222 valence electrons. The Bertz CT molecular complexity index is 1590. The number of esters is 1. The predicted octanol–water partition coefficient (Wildman–Crippen LogP) is 7.59. The van der Waals surface area contributed by atoms with Crippen LogP contribution < -0.4 is 10.1 Å². The zero-order chi connectivity index (χ0) is 30.8. The van der Waals surface area contributed by atoms with Crippen LogP contribution in [-0.4, -0.2) is 28.7 Å². The molecule has 0 bridgehead atoms. The number of nitrogens with one attached hydrogen (secondary N) is 1. The highest BCUT2D eigenvalue weighted by Gasteiger charge is 2.31. The van der Waals surface area contributed by atoms with E-state index in [-0.39, 0.29) is 17.4 Å². The maximum absolute atomic E-state index is 13.3. The highest BCUT2D eigenvalue weighted by atomic mass is 16.6. The molecule has 1 aromatic heterocycles. The molecule has 0 aliphatic carbocycles. The zero-order valence-corrected chi connectivity index (χ0v) is 26.4. The standard InChI is InChI=1S/C36H44N2O4/c1-10-41-34(40)36(7,8)42-29-13-11-12-25(20-29)21-31-24(3)38(9)32-22-27(16-19-30(31)32)33(39)37-23(2)26-14-17-28(18-15-26)35(4,5)6/h11-20,22-23H,10,21H2,1-9H3,(H,37,39)/t23-/m0/s1. The van der Waals surface area contributed by atoms with Crippen molar-refractivity contribution in [2.24, 2.45) is 7.05 Å². The van der Waals surface area contributed by atoms with E-state index in [4.69, 9.17) is 9.47 Å². The smallest absolute Gasteiger partial charge is 0.349 e. The molecule has 0 saturated carbocycles. The molecule has 42 heavy (non-hydrogen) atoms. The summed E-state index contributed by atoms with van der Waals surface area (Å²) in [4.78, 5) is 25.6. The average molecular weight is 569 g/mol. The molecule has 4 aromatic rings. The number of hydrogen-bond donors (Lipinski definition) is 1. The van der Waals surface area contributed by atoms with E-state index in [0.717, 1.165) is 27.7 Å². The van der Waals surface area contributed by atoms with Gasteiger partial charge in [0.25, 0.3) is 5.91 Å². The van der Waals surface area contributed by atoms with Crippen LogP contribution in [0.5, 0.6) is 5.75 Å². The second-order valence-corrected chi connectivity index (χ2v) is 12.6. The van der Waals surface area contributed by atoms with E-state index >= 15 is 0 Å². The fourth-order valence-electron chi connectivity index (χ4n) is 5.21. The molecule has 1 atom stereocenters. The van der Waals surface area contributed by atoms with E-state index < -0.39 is 11.6 Å². The van der Waals surface area contributed by atoms with E-state index in [2.05, 4.69) is 67.9 Å². The zero-order valence-electron chi connectivity index (χ0n) is 26.4. The molecule has 0 fully saturated rings. The van der Waals surface area contributed by atoms with Gasteiger partial charge in [-0.1, -0.05) is 63.2 Å². The van der Waals surface area contributed by atoms with Crippen molar-refractivity contribution in [1.82, 2.24) is 9.88 Å². The molecule has 0 saturated heterocycles. The Hall–Kier alpha value is -4.06. The van der Waals surface area contributed by atoms with Gasteiger partial charge >= 0.3 is 5.97 Å². The van der Waals surface area contributed by atoms with Crippen molar-refractivity contribution in [2.75, 3.05) is 6.61 Å². The molecular formula is C36H44N2O4. The first kappa shape index (κ1) is 30.9. The van der Waals surface area contributed by atoms with Gasteiger partial charge in [0, 0.05) is 29.2 Å². The summed E-state index contributed by atoms with van der Waals surface area (Å²) in [6, 6.07) is 22.1. The lowest BCUT2D eigenvalue weighted by molar-refractivity contribution is -0.158. The van der Waals surface area contributed by atoms with Gasteiger partial charge in [-0.2, -0.15) is 0 Å². The SMILES string of the molecule is CCOC(=O)C(C)(C)Oc1cccc(Cc2c(C)n(C)c3cc(C(=O)N[C@@H](C)c4ccc(C(C)(C)C)cc4)ccc23)c1. The van der Waals surface area contributed by atoms with Crippen LogP contribution in [0.25, 0.3) is 10.9 Å². The number of carbonyl (C=O) groups excluding carboxylic acids is 2. The van der Waals surface area contributed by atoms with Crippen molar-refractivity contribution in [3.63, 3.8) is 0 Å². The van der Waals surface area contributed by atoms with Gasteiger partial charge < -0.3 is 19.4 Å². The lowest BCUT2D eigenvalue weighted by Crippen LogP contribution is -2.39. The molecule has 4 rings (SSSR count). The Morgan fingerprint density at radius 2 is 1.64 bits per heavy atom. The van der Waals surface area contributed by atoms with Crippen LogP contribution in [-0.2, 0) is 28.4 Å². The number of ether oxygens (including phenoxy) is 2. The van der Waals surface area contributed by atoms with E-state index in [9.17, 15) is 9.59 Å². The van der Waals surface area contributed by atoms with Crippen molar-refractivity contribution in [1.29, 1.82) is 0 Å². The van der Waals surface area contributed by atoms with Crippen LogP contribution in [0.15, 0.2) is 66.7 Å². The highest BCUT2D eigenvalue weighted by Crippen LogP contribution is 2.30.